The highest BCUT2D eigenvalue weighted by Crippen LogP contribution is 2.30. The third kappa shape index (κ3) is 3.79. The maximum atomic E-state index is 12.1. The summed E-state index contributed by atoms with van der Waals surface area (Å²) in [5.74, 6) is 0.619. The molecule has 0 aromatic carbocycles. The highest BCUT2D eigenvalue weighted by Gasteiger charge is 2.23. The lowest BCUT2D eigenvalue weighted by Crippen LogP contribution is -2.27. The molecule has 0 aliphatic heterocycles. The second-order valence-electron chi connectivity index (χ2n) is 5.06. The summed E-state index contributed by atoms with van der Waals surface area (Å²) in [4.78, 5) is 12.1. The zero-order valence-electron chi connectivity index (χ0n) is 11.1. The molecule has 19 heavy (non-hydrogen) atoms. The summed E-state index contributed by atoms with van der Waals surface area (Å²) in [6.45, 7) is 2.89. The molecule has 1 heterocycles. The molecule has 2 rings (SSSR count). The fraction of sp³-hybridized carbons (Fsp3) is 0.692. The zero-order valence-corrected chi connectivity index (χ0v) is 12.7. The Morgan fingerprint density at radius 1 is 1.63 bits per heavy atom. The number of aromatic nitrogens is 2. The summed E-state index contributed by atoms with van der Waals surface area (Å²) < 4.78 is 2.06. The summed E-state index contributed by atoms with van der Waals surface area (Å²) >= 11 is 3.35. The molecule has 1 unspecified atom stereocenters. The molecule has 1 aromatic heterocycles. The lowest BCUT2D eigenvalue weighted by molar-refractivity contribution is 0.278. The van der Waals surface area contributed by atoms with Gasteiger partial charge < -0.3 is 10.4 Å². The van der Waals surface area contributed by atoms with Crippen LogP contribution in [0.4, 0.5) is 5.69 Å². The third-order valence-corrected chi connectivity index (χ3v) is 4.21. The van der Waals surface area contributed by atoms with E-state index in [4.69, 9.17) is 5.11 Å². The van der Waals surface area contributed by atoms with E-state index in [1.807, 2.05) is 6.92 Å². The second kappa shape index (κ2) is 6.52. The highest BCUT2D eigenvalue weighted by atomic mass is 79.9. The standard InChI is InChI=1S/C13H20BrN3O2/c1-2-10(5-6-18)16-11-7-15-17(8-9-3-4-9)13(19)12(11)14/h7,9-10,16,18H,2-6,8H2,1H3. The number of hydrogen-bond donors (Lipinski definition) is 2. The van der Waals surface area contributed by atoms with Crippen LogP contribution < -0.4 is 10.9 Å². The minimum atomic E-state index is -0.0873. The Morgan fingerprint density at radius 2 is 2.37 bits per heavy atom. The summed E-state index contributed by atoms with van der Waals surface area (Å²) in [5.41, 5.74) is 0.619. The Morgan fingerprint density at radius 3 is 2.95 bits per heavy atom. The van der Waals surface area contributed by atoms with Crippen LogP contribution in [0.1, 0.15) is 32.6 Å². The number of nitrogens with one attached hydrogen (secondary N) is 1. The van der Waals surface area contributed by atoms with E-state index in [1.54, 1.807) is 6.20 Å². The third-order valence-electron chi connectivity index (χ3n) is 3.44. The monoisotopic (exact) mass is 329 g/mol. The van der Waals surface area contributed by atoms with Crippen LogP contribution >= 0.6 is 15.9 Å². The van der Waals surface area contributed by atoms with Gasteiger partial charge in [-0.1, -0.05) is 6.92 Å². The Balaban J connectivity index is 2.12. The molecule has 1 aliphatic rings. The summed E-state index contributed by atoms with van der Waals surface area (Å²) in [6.07, 6.45) is 5.63. The van der Waals surface area contributed by atoms with E-state index < -0.39 is 0 Å². The molecule has 1 fully saturated rings. The number of rotatable bonds is 7. The van der Waals surface area contributed by atoms with Crippen molar-refractivity contribution < 1.29 is 5.11 Å². The lowest BCUT2D eigenvalue weighted by atomic mass is 10.1. The van der Waals surface area contributed by atoms with E-state index in [2.05, 4.69) is 26.3 Å². The Kier molecular flexibility index (Phi) is 4.99. The van der Waals surface area contributed by atoms with Gasteiger partial charge in [0.1, 0.15) is 4.47 Å². The lowest BCUT2D eigenvalue weighted by Gasteiger charge is -2.18. The average Bonchev–Trinajstić information content (AvgIpc) is 3.21. The van der Waals surface area contributed by atoms with E-state index >= 15 is 0 Å². The first-order valence-electron chi connectivity index (χ1n) is 6.78. The first-order chi connectivity index (χ1) is 9.15. The molecule has 0 radical (unpaired) electrons. The van der Waals surface area contributed by atoms with Gasteiger partial charge in [0, 0.05) is 19.2 Å². The Bertz CT molecular complexity index is 485. The first kappa shape index (κ1) is 14.5. The van der Waals surface area contributed by atoms with E-state index in [-0.39, 0.29) is 18.2 Å². The van der Waals surface area contributed by atoms with Crippen molar-refractivity contribution in [1.82, 2.24) is 9.78 Å². The van der Waals surface area contributed by atoms with Crippen LogP contribution in [0.25, 0.3) is 0 Å². The topological polar surface area (TPSA) is 67.2 Å². The molecule has 0 spiro atoms. The van der Waals surface area contributed by atoms with Crippen molar-refractivity contribution in [3.63, 3.8) is 0 Å². The van der Waals surface area contributed by atoms with Crippen molar-refractivity contribution in [1.29, 1.82) is 0 Å². The van der Waals surface area contributed by atoms with Crippen molar-refractivity contribution in [2.45, 2.75) is 45.2 Å². The SMILES string of the molecule is CCC(CCO)Nc1cnn(CC2CC2)c(=O)c1Br. The van der Waals surface area contributed by atoms with Gasteiger partial charge in [-0.05, 0) is 47.5 Å². The quantitative estimate of drug-likeness (QED) is 0.802. The maximum absolute atomic E-state index is 12.1. The van der Waals surface area contributed by atoms with Crippen LogP contribution in [0.2, 0.25) is 0 Å². The van der Waals surface area contributed by atoms with Crippen LogP contribution in [0, 0.1) is 5.92 Å². The number of hydrogen-bond acceptors (Lipinski definition) is 4. The molecule has 0 amide bonds. The molecule has 0 saturated heterocycles. The van der Waals surface area contributed by atoms with E-state index in [1.165, 1.54) is 17.5 Å². The first-order valence-corrected chi connectivity index (χ1v) is 7.58. The molecule has 0 bridgehead atoms. The van der Waals surface area contributed by atoms with Gasteiger partial charge in [0.2, 0.25) is 0 Å². The smallest absolute Gasteiger partial charge is 0.283 e. The molecular formula is C13H20BrN3O2. The molecule has 1 aromatic rings. The van der Waals surface area contributed by atoms with Crippen LogP contribution in [0.15, 0.2) is 15.5 Å². The number of aliphatic hydroxyl groups is 1. The number of anilines is 1. The molecule has 5 nitrogen and oxygen atoms in total. The average molecular weight is 330 g/mol. The van der Waals surface area contributed by atoms with Gasteiger partial charge in [0.15, 0.2) is 0 Å². The molecule has 1 aliphatic carbocycles. The number of nitrogens with zero attached hydrogens (tertiary/aromatic N) is 2. The van der Waals surface area contributed by atoms with Gasteiger partial charge in [-0.15, -0.1) is 0 Å². The predicted molar refractivity (Wildman–Crippen MR) is 78.3 cm³/mol. The molecular weight excluding hydrogens is 310 g/mol. The fourth-order valence-electron chi connectivity index (χ4n) is 1.99. The van der Waals surface area contributed by atoms with Crippen molar-refractivity contribution >= 4 is 21.6 Å². The second-order valence-corrected chi connectivity index (χ2v) is 5.86. The van der Waals surface area contributed by atoms with E-state index in [9.17, 15) is 4.79 Å². The van der Waals surface area contributed by atoms with Gasteiger partial charge in [-0.25, -0.2) is 4.68 Å². The van der Waals surface area contributed by atoms with Gasteiger partial charge in [0.05, 0.1) is 11.9 Å². The number of halogens is 1. The maximum Gasteiger partial charge on any atom is 0.283 e. The molecule has 1 saturated carbocycles. The summed E-state index contributed by atoms with van der Waals surface area (Å²) in [6, 6.07) is 0.154. The van der Waals surface area contributed by atoms with Gasteiger partial charge in [0.25, 0.3) is 5.56 Å². The normalized spacial score (nSPS) is 16.4. The zero-order chi connectivity index (χ0) is 13.8. The van der Waals surface area contributed by atoms with Crippen molar-refractivity contribution in [3.8, 4) is 0 Å². The van der Waals surface area contributed by atoms with Gasteiger partial charge >= 0.3 is 0 Å². The van der Waals surface area contributed by atoms with Crippen molar-refractivity contribution in [2.75, 3.05) is 11.9 Å². The summed E-state index contributed by atoms with van der Waals surface area (Å²) in [7, 11) is 0. The molecule has 106 valence electrons. The van der Waals surface area contributed by atoms with Crippen molar-refractivity contribution in [2.24, 2.45) is 5.92 Å². The number of aliphatic hydroxyl groups excluding tert-OH is 1. The minimum Gasteiger partial charge on any atom is -0.396 e. The van der Waals surface area contributed by atoms with E-state index in [0.29, 0.717) is 29.0 Å². The van der Waals surface area contributed by atoms with E-state index in [0.717, 1.165) is 6.42 Å². The predicted octanol–water partition coefficient (Wildman–Crippen LogP) is 1.99. The largest absolute Gasteiger partial charge is 0.396 e. The van der Waals surface area contributed by atoms with Crippen molar-refractivity contribution in [3.05, 3.63) is 21.0 Å². The Labute approximate surface area is 121 Å². The van der Waals surface area contributed by atoms with Gasteiger partial charge in [-0.3, -0.25) is 4.79 Å². The fourth-order valence-corrected chi connectivity index (χ4v) is 2.42. The highest BCUT2D eigenvalue weighted by molar-refractivity contribution is 9.10. The van der Waals surface area contributed by atoms with Gasteiger partial charge in [-0.2, -0.15) is 5.10 Å². The van der Waals surface area contributed by atoms with Crippen LogP contribution in [-0.2, 0) is 6.54 Å². The van der Waals surface area contributed by atoms with Crippen LogP contribution in [0.5, 0.6) is 0 Å². The summed E-state index contributed by atoms with van der Waals surface area (Å²) in [5, 5.41) is 16.5. The molecule has 1 atom stereocenters. The molecule has 6 heteroatoms. The minimum absolute atomic E-state index is 0.0873. The van der Waals surface area contributed by atoms with Crippen LogP contribution in [-0.4, -0.2) is 27.5 Å². The molecule has 2 N–H and O–H groups in total. The van der Waals surface area contributed by atoms with Crippen LogP contribution in [0.3, 0.4) is 0 Å². The Hall–Kier alpha value is -0.880.